The van der Waals surface area contributed by atoms with Gasteiger partial charge in [0.05, 0.1) is 12.6 Å². The lowest BCUT2D eigenvalue weighted by atomic mass is 10.3. The van der Waals surface area contributed by atoms with Gasteiger partial charge in [0.15, 0.2) is 0 Å². The molecular weight excluding hydrogens is 156 g/mol. The van der Waals surface area contributed by atoms with Crippen molar-refractivity contribution < 1.29 is 9.90 Å². The van der Waals surface area contributed by atoms with Gasteiger partial charge in [-0.15, -0.1) is 0 Å². The van der Waals surface area contributed by atoms with Crippen molar-refractivity contribution in [2.24, 2.45) is 5.73 Å². The summed E-state index contributed by atoms with van der Waals surface area (Å²) in [6.07, 6.45) is 0.493. The van der Waals surface area contributed by atoms with Crippen LogP contribution in [0.2, 0.25) is 0 Å². The minimum absolute atomic E-state index is 0.264. The van der Waals surface area contributed by atoms with Crippen LogP contribution in [0.3, 0.4) is 0 Å². The Morgan fingerprint density at radius 1 is 1.67 bits per heavy atom. The highest BCUT2D eigenvalue weighted by molar-refractivity contribution is 5.75. The second-order valence-corrected chi connectivity index (χ2v) is 2.64. The van der Waals surface area contributed by atoms with Gasteiger partial charge in [0.2, 0.25) is 5.91 Å². The number of hydrogen-bond acceptors (Lipinski definition) is 3. The highest BCUT2D eigenvalue weighted by Crippen LogP contribution is 2.06. The monoisotopic (exact) mass is 174 g/mol. The Balaban J connectivity index is 0.000000561. The maximum Gasteiger partial charge on any atom is 0.231 e. The van der Waals surface area contributed by atoms with Crippen LogP contribution in [0, 0.1) is 0 Å². The van der Waals surface area contributed by atoms with Crippen LogP contribution in [0.25, 0.3) is 0 Å². The van der Waals surface area contributed by atoms with E-state index in [1.54, 1.807) is 0 Å². The average Bonchev–Trinajstić information content (AvgIpc) is 2.39. The first kappa shape index (κ1) is 11.4. The summed E-state index contributed by atoms with van der Waals surface area (Å²) in [5, 5.41) is 9.02. The van der Waals surface area contributed by atoms with Crippen LogP contribution in [0.1, 0.15) is 20.3 Å². The van der Waals surface area contributed by atoms with Crippen molar-refractivity contribution in [3.05, 3.63) is 0 Å². The standard InChI is InChI=1S/C6H12N2O2.C2H6/c7-6(10)4-8-2-1-5(9)3-8;1-2/h5,9H,1-4H2,(H2,7,10);1-2H3/t5-;/m0./s1. The highest BCUT2D eigenvalue weighted by Gasteiger charge is 2.20. The second kappa shape index (κ2) is 5.97. The lowest BCUT2D eigenvalue weighted by molar-refractivity contribution is -0.118. The minimum Gasteiger partial charge on any atom is -0.392 e. The van der Waals surface area contributed by atoms with Crippen molar-refractivity contribution in [3.8, 4) is 0 Å². The number of nitrogens with zero attached hydrogens (tertiary/aromatic N) is 1. The average molecular weight is 174 g/mol. The summed E-state index contributed by atoms with van der Waals surface area (Å²) in [4.78, 5) is 12.2. The van der Waals surface area contributed by atoms with E-state index in [0.29, 0.717) is 6.54 Å². The van der Waals surface area contributed by atoms with Crippen LogP contribution in [0.15, 0.2) is 0 Å². The molecule has 1 aliphatic rings. The minimum atomic E-state index is -0.325. The molecule has 4 nitrogen and oxygen atoms in total. The fourth-order valence-corrected chi connectivity index (χ4v) is 1.18. The van der Waals surface area contributed by atoms with Crippen molar-refractivity contribution in [3.63, 3.8) is 0 Å². The van der Waals surface area contributed by atoms with Gasteiger partial charge in [-0.05, 0) is 6.42 Å². The Kier molecular flexibility index (Phi) is 5.66. The van der Waals surface area contributed by atoms with E-state index in [1.165, 1.54) is 0 Å². The topological polar surface area (TPSA) is 66.6 Å². The number of amides is 1. The Bertz CT molecular complexity index is 139. The zero-order valence-corrected chi connectivity index (χ0v) is 7.79. The quantitative estimate of drug-likeness (QED) is 0.596. The molecule has 0 radical (unpaired) electrons. The highest BCUT2D eigenvalue weighted by atomic mass is 16.3. The Hall–Kier alpha value is -0.610. The molecule has 1 aliphatic heterocycles. The molecule has 0 aromatic heterocycles. The molecule has 0 aromatic carbocycles. The van der Waals surface area contributed by atoms with Crippen LogP contribution in [0.4, 0.5) is 0 Å². The molecule has 4 heteroatoms. The molecule has 0 aliphatic carbocycles. The number of aliphatic hydroxyl groups excluding tert-OH is 1. The van der Waals surface area contributed by atoms with E-state index in [9.17, 15) is 4.79 Å². The smallest absolute Gasteiger partial charge is 0.231 e. The maximum atomic E-state index is 10.4. The largest absolute Gasteiger partial charge is 0.392 e. The molecule has 1 saturated heterocycles. The molecule has 3 N–H and O–H groups in total. The van der Waals surface area contributed by atoms with Crippen LogP contribution in [0.5, 0.6) is 0 Å². The molecule has 0 bridgehead atoms. The van der Waals surface area contributed by atoms with E-state index in [4.69, 9.17) is 10.8 Å². The fourth-order valence-electron chi connectivity index (χ4n) is 1.18. The molecule has 12 heavy (non-hydrogen) atoms. The van der Waals surface area contributed by atoms with E-state index in [-0.39, 0.29) is 18.6 Å². The van der Waals surface area contributed by atoms with Gasteiger partial charge in [0, 0.05) is 13.1 Å². The summed E-state index contributed by atoms with van der Waals surface area (Å²) < 4.78 is 0. The van der Waals surface area contributed by atoms with Gasteiger partial charge in [-0.1, -0.05) is 13.8 Å². The fraction of sp³-hybridized carbons (Fsp3) is 0.875. The first-order valence-corrected chi connectivity index (χ1v) is 4.37. The van der Waals surface area contributed by atoms with Crippen LogP contribution < -0.4 is 5.73 Å². The number of likely N-dealkylation sites (tertiary alicyclic amines) is 1. The lowest BCUT2D eigenvalue weighted by Crippen LogP contribution is -2.32. The number of primary amides is 1. The van der Waals surface area contributed by atoms with E-state index in [2.05, 4.69) is 0 Å². The van der Waals surface area contributed by atoms with Gasteiger partial charge in [-0.2, -0.15) is 0 Å². The molecule has 0 unspecified atom stereocenters. The molecule has 0 spiro atoms. The first-order valence-electron chi connectivity index (χ1n) is 4.37. The van der Waals surface area contributed by atoms with Gasteiger partial charge in [0.1, 0.15) is 0 Å². The maximum absolute atomic E-state index is 10.4. The Morgan fingerprint density at radius 2 is 2.25 bits per heavy atom. The third-order valence-corrected chi connectivity index (χ3v) is 1.63. The predicted molar refractivity (Wildman–Crippen MR) is 47.6 cm³/mol. The molecule has 1 heterocycles. The molecule has 1 atom stereocenters. The SMILES string of the molecule is CC.NC(=O)CN1CC[C@H](O)C1. The summed E-state index contributed by atoms with van der Waals surface area (Å²) in [6, 6.07) is 0. The summed E-state index contributed by atoms with van der Waals surface area (Å²) in [5.41, 5.74) is 4.96. The Morgan fingerprint density at radius 3 is 2.58 bits per heavy atom. The van der Waals surface area contributed by atoms with Crippen molar-refractivity contribution in [2.75, 3.05) is 19.6 Å². The predicted octanol–water partition coefficient (Wildman–Crippen LogP) is -0.435. The summed E-state index contributed by atoms with van der Waals surface area (Å²) in [5.74, 6) is -0.325. The van der Waals surface area contributed by atoms with Crippen molar-refractivity contribution >= 4 is 5.91 Å². The van der Waals surface area contributed by atoms with Crippen LogP contribution in [-0.2, 0) is 4.79 Å². The van der Waals surface area contributed by atoms with E-state index in [0.717, 1.165) is 13.0 Å². The number of aliphatic hydroxyl groups is 1. The van der Waals surface area contributed by atoms with E-state index in [1.807, 2.05) is 18.7 Å². The van der Waals surface area contributed by atoms with Gasteiger partial charge in [0.25, 0.3) is 0 Å². The molecular formula is C8H18N2O2. The van der Waals surface area contributed by atoms with E-state index >= 15 is 0 Å². The first-order chi connectivity index (χ1) is 5.68. The van der Waals surface area contributed by atoms with Crippen molar-refractivity contribution in [1.82, 2.24) is 4.90 Å². The van der Waals surface area contributed by atoms with Crippen LogP contribution >= 0.6 is 0 Å². The lowest BCUT2D eigenvalue weighted by Gasteiger charge is -2.10. The van der Waals surface area contributed by atoms with Gasteiger partial charge < -0.3 is 10.8 Å². The number of carbonyl (C=O) groups is 1. The molecule has 0 saturated carbocycles. The van der Waals surface area contributed by atoms with Gasteiger partial charge in [-0.25, -0.2) is 0 Å². The molecule has 0 aromatic rings. The molecule has 1 amide bonds. The Labute approximate surface area is 73.3 Å². The normalized spacial score (nSPS) is 23.1. The summed E-state index contributed by atoms with van der Waals surface area (Å²) >= 11 is 0. The number of rotatable bonds is 2. The van der Waals surface area contributed by atoms with E-state index < -0.39 is 0 Å². The number of nitrogens with two attached hydrogens (primary N) is 1. The van der Waals surface area contributed by atoms with Crippen molar-refractivity contribution in [1.29, 1.82) is 0 Å². The molecule has 1 fully saturated rings. The number of hydrogen-bond donors (Lipinski definition) is 2. The number of β-amino-alcohol motifs (C(OH)–C–C–N with tert-alkyl or cyclic N) is 1. The third kappa shape index (κ3) is 4.31. The molecule has 1 rings (SSSR count). The zero-order chi connectivity index (χ0) is 9.56. The van der Waals surface area contributed by atoms with Crippen LogP contribution in [-0.4, -0.2) is 41.7 Å². The molecule has 72 valence electrons. The van der Waals surface area contributed by atoms with Crippen molar-refractivity contribution in [2.45, 2.75) is 26.4 Å². The van der Waals surface area contributed by atoms with Gasteiger partial charge >= 0.3 is 0 Å². The van der Waals surface area contributed by atoms with Gasteiger partial charge in [-0.3, -0.25) is 9.69 Å². The number of carbonyl (C=O) groups excluding carboxylic acids is 1. The third-order valence-electron chi connectivity index (χ3n) is 1.63. The zero-order valence-electron chi connectivity index (χ0n) is 7.79. The summed E-state index contributed by atoms with van der Waals surface area (Å²) in [6.45, 7) is 5.64. The second-order valence-electron chi connectivity index (χ2n) is 2.64. The summed E-state index contributed by atoms with van der Waals surface area (Å²) in [7, 11) is 0.